The third-order valence-electron chi connectivity index (χ3n) is 3.75. The zero-order valence-corrected chi connectivity index (χ0v) is 9.30. The van der Waals surface area contributed by atoms with Gasteiger partial charge in [0.25, 0.3) is 0 Å². The average Bonchev–Trinajstić information content (AvgIpc) is 2.07. The molecule has 2 fully saturated rings. The molecular formula is C11H14ClN3. The van der Waals surface area contributed by atoms with Crippen LogP contribution in [0.1, 0.15) is 32.1 Å². The number of aromatic nitrogens is 2. The van der Waals surface area contributed by atoms with Crippen LogP contribution in [-0.2, 0) is 0 Å². The van der Waals surface area contributed by atoms with E-state index in [2.05, 4.69) is 15.3 Å². The van der Waals surface area contributed by atoms with Crippen molar-refractivity contribution in [2.75, 3.05) is 5.32 Å². The van der Waals surface area contributed by atoms with Gasteiger partial charge >= 0.3 is 0 Å². The summed E-state index contributed by atoms with van der Waals surface area (Å²) in [6, 6.07) is 2.47. The number of hydrogen-bond acceptors (Lipinski definition) is 3. The fourth-order valence-corrected chi connectivity index (χ4v) is 2.94. The van der Waals surface area contributed by atoms with Gasteiger partial charge in [0, 0.05) is 12.2 Å². The lowest BCUT2D eigenvalue weighted by Gasteiger charge is -2.54. The lowest BCUT2D eigenvalue weighted by Crippen LogP contribution is -2.49. The van der Waals surface area contributed by atoms with E-state index in [4.69, 9.17) is 11.6 Å². The Bertz CT molecular complexity index is 368. The molecular weight excluding hydrogens is 210 g/mol. The lowest BCUT2D eigenvalue weighted by molar-refractivity contribution is 0.0191. The van der Waals surface area contributed by atoms with E-state index in [1.807, 2.05) is 6.07 Å². The summed E-state index contributed by atoms with van der Waals surface area (Å²) in [5, 5.41) is 3.72. The second-order valence-electron chi connectivity index (χ2n) is 4.81. The predicted molar refractivity (Wildman–Crippen MR) is 60.0 cm³/mol. The van der Waals surface area contributed by atoms with Gasteiger partial charge in [-0.15, -0.1) is 0 Å². The standard InChI is InChI=1S/C11H14ClN3/c12-10-13-5-2-9(15-10)14-8-6-11(7-8)3-1-4-11/h2,5,8H,1,3-4,6-7H2,(H,13,14,15). The van der Waals surface area contributed by atoms with Crippen molar-refractivity contribution < 1.29 is 0 Å². The van der Waals surface area contributed by atoms with Crippen LogP contribution in [0.25, 0.3) is 0 Å². The van der Waals surface area contributed by atoms with Crippen LogP contribution in [-0.4, -0.2) is 16.0 Å². The van der Waals surface area contributed by atoms with Crippen LogP contribution in [0.4, 0.5) is 5.82 Å². The van der Waals surface area contributed by atoms with Gasteiger partial charge in [0.2, 0.25) is 5.28 Å². The summed E-state index contributed by atoms with van der Waals surface area (Å²) in [6.45, 7) is 0. The van der Waals surface area contributed by atoms with E-state index in [0.717, 1.165) is 5.82 Å². The Kier molecular flexibility index (Phi) is 2.09. The zero-order valence-electron chi connectivity index (χ0n) is 8.54. The highest BCUT2D eigenvalue weighted by atomic mass is 35.5. The van der Waals surface area contributed by atoms with Crippen molar-refractivity contribution in [1.82, 2.24) is 9.97 Å². The Balaban J connectivity index is 1.58. The summed E-state index contributed by atoms with van der Waals surface area (Å²) in [6.07, 6.45) is 8.57. The molecule has 0 aliphatic heterocycles. The molecule has 3 nitrogen and oxygen atoms in total. The van der Waals surface area contributed by atoms with Crippen LogP contribution in [0.5, 0.6) is 0 Å². The second-order valence-corrected chi connectivity index (χ2v) is 5.15. The maximum Gasteiger partial charge on any atom is 0.224 e. The van der Waals surface area contributed by atoms with E-state index in [0.29, 0.717) is 16.7 Å². The summed E-state index contributed by atoms with van der Waals surface area (Å²) < 4.78 is 0. The molecule has 0 radical (unpaired) electrons. The third kappa shape index (κ3) is 1.69. The minimum Gasteiger partial charge on any atom is -0.367 e. The van der Waals surface area contributed by atoms with Gasteiger partial charge in [-0.05, 0) is 48.8 Å². The van der Waals surface area contributed by atoms with Crippen LogP contribution in [0, 0.1) is 5.41 Å². The van der Waals surface area contributed by atoms with E-state index >= 15 is 0 Å². The monoisotopic (exact) mass is 223 g/mol. The lowest BCUT2D eigenvalue weighted by atomic mass is 9.54. The summed E-state index contributed by atoms with van der Waals surface area (Å²) in [5.74, 6) is 0.856. The van der Waals surface area contributed by atoms with E-state index in [-0.39, 0.29) is 0 Å². The zero-order chi connectivity index (χ0) is 10.3. The molecule has 1 heterocycles. The van der Waals surface area contributed by atoms with Gasteiger partial charge in [-0.3, -0.25) is 0 Å². The molecule has 2 saturated carbocycles. The van der Waals surface area contributed by atoms with Crippen molar-refractivity contribution in [3.05, 3.63) is 17.5 Å². The number of nitrogens with zero attached hydrogens (tertiary/aromatic N) is 2. The normalized spacial score (nSPS) is 23.3. The van der Waals surface area contributed by atoms with Gasteiger partial charge in [0.05, 0.1) is 0 Å². The highest BCUT2D eigenvalue weighted by Gasteiger charge is 2.48. The molecule has 1 aromatic rings. The number of halogens is 1. The summed E-state index contributed by atoms with van der Waals surface area (Å²) >= 11 is 5.72. The minimum absolute atomic E-state index is 0.317. The van der Waals surface area contributed by atoms with Crippen molar-refractivity contribution in [1.29, 1.82) is 0 Å². The molecule has 0 atom stereocenters. The van der Waals surface area contributed by atoms with Crippen LogP contribution >= 0.6 is 11.6 Å². The third-order valence-corrected chi connectivity index (χ3v) is 3.93. The summed E-state index contributed by atoms with van der Waals surface area (Å²) in [4.78, 5) is 7.99. The number of anilines is 1. The van der Waals surface area contributed by atoms with Gasteiger partial charge < -0.3 is 5.32 Å². The molecule has 80 valence electrons. The molecule has 1 aromatic heterocycles. The Morgan fingerprint density at radius 3 is 2.80 bits per heavy atom. The Hall–Kier alpha value is -0.830. The van der Waals surface area contributed by atoms with Crippen molar-refractivity contribution in [3.63, 3.8) is 0 Å². The summed E-state index contributed by atoms with van der Waals surface area (Å²) in [7, 11) is 0. The van der Waals surface area contributed by atoms with Gasteiger partial charge in [-0.25, -0.2) is 9.97 Å². The fourth-order valence-electron chi connectivity index (χ4n) is 2.80. The average molecular weight is 224 g/mol. The molecule has 0 aromatic carbocycles. The SMILES string of the molecule is Clc1nccc(NC2CC3(CCC3)C2)n1. The first-order valence-electron chi connectivity index (χ1n) is 5.51. The minimum atomic E-state index is 0.317. The molecule has 0 saturated heterocycles. The fraction of sp³-hybridized carbons (Fsp3) is 0.636. The summed E-state index contributed by atoms with van der Waals surface area (Å²) in [5.41, 5.74) is 0.703. The molecule has 2 aliphatic carbocycles. The van der Waals surface area contributed by atoms with Crippen molar-refractivity contribution in [2.24, 2.45) is 5.41 Å². The van der Waals surface area contributed by atoms with E-state index < -0.39 is 0 Å². The smallest absolute Gasteiger partial charge is 0.224 e. The van der Waals surface area contributed by atoms with E-state index in [1.54, 1.807) is 6.20 Å². The molecule has 0 bridgehead atoms. The van der Waals surface area contributed by atoms with Crippen LogP contribution in [0.3, 0.4) is 0 Å². The molecule has 3 rings (SSSR count). The van der Waals surface area contributed by atoms with Crippen molar-refractivity contribution in [3.8, 4) is 0 Å². The second kappa shape index (κ2) is 3.34. The highest BCUT2D eigenvalue weighted by Crippen LogP contribution is 2.56. The Morgan fingerprint density at radius 1 is 1.40 bits per heavy atom. The molecule has 4 heteroatoms. The van der Waals surface area contributed by atoms with E-state index in [1.165, 1.54) is 32.1 Å². The maximum atomic E-state index is 5.72. The Morgan fingerprint density at radius 2 is 2.20 bits per heavy atom. The topological polar surface area (TPSA) is 37.8 Å². The number of hydrogen-bond donors (Lipinski definition) is 1. The van der Waals surface area contributed by atoms with Crippen LogP contribution < -0.4 is 5.32 Å². The van der Waals surface area contributed by atoms with Crippen LogP contribution in [0.2, 0.25) is 5.28 Å². The van der Waals surface area contributed by atoms with Crippen molar-refractivity contribution in [2.45, 2.75) is 38.1 Å². The van der Waals surface area contributed by atoms with Crippen molar-refractivity contribution >= 4 is 17.4 Å². The first-order chi connectivity index (χ1) is 7.26. The quantitative estimate of drug-likeness (QED) is 0.784. The first kappa shape index (κ1) is 9.40. The Labute approximate surface area is 94.3 Å². The van der Waals surface area contributed by atoms with Gasteiger partial charge in [0.15, 0.2) is 0 Å². The van der Waals surface area contributed by atoms with Gasteiger partial charge in [-0.2, -0.15) is 0 Å². The number of rotatable bonds is 2. The molecule has 2 aliphatic rings. The maximum absolute atomic E-state index is 5.72. The predicted octanol–water partition coefficient (Wildman–Crippen LogP) is 2.87. The largest absolute Gasteiger partial charge is 0.367 e. The molecule has 1 N–H and O–H groups in total. The van der Waals surface area contributed by atoms with Gasteiger partial charge in [0.1, 0.15) is 5.82 Å². The van der Waals surface area contributed by atoms with Crippen LogP contribution in [0.15, 0.2) is 12.3 Å². The number of nitrogens with one attached hydrogen (secondary N) is 1. The molecule has 15 heavy (non-hydrogen) atoms. The van der Waals surface area contributed by atoms with E-state index in [9.17, 15) is 0 Å². The highest BCUT2D eigenvalue weighted by molar-refractivity contribution is 6.28. The molecule has 0 unspecified atom stereocenters. The molecule has 1 spiro atoms. The van der Waals surface area contributed by atoms with Gasteiger partial charge in [-0.1, -0.05) is 6.42 Å². The first-order valence-corrected chi connectivity index (χ1v) is 5.89. The molecule has 0 amide bonds.